The second-order valence-electron chi connectivity index (χ2n) is 5.39. The average molecular weight is 295 g/mol. The van der Waals surface area contributed by atoms with Gasteiger partial charge in [0.05, 0.1) is 10.5 Å². The van der Waals surface area contributed by atoms with Crippen molar-refractivity contribution in [3.05, 3.63) is 35.0 Å². The van der Waals surface area contributed by atoms with Crippen LogP contribution in [0, 0.1) is 5.82 Å². The molecule has 1 amide bonds. The Balaban J connectivity index is 2.32. The van der Waals surface area contributed by atoms with Crippen molar-refractivity contribution in [3.8, 4) is 0 Å². The zero-order valence-corrected chi connectivity index (χ0v) is 12.6. The fourth-order valence-corrected chi connectivity index (χ4v) is 3.12. The maximum atomic E-state index is 13.7. The number of fused-ring (bicyclic) bond motifs is 1. The Morgan fingerprint density at radius 2 is 2.15 bits per heavy atom. The normalized spacial score (nSPS) is 11.8. The van der Waals surface area contributed by atoms with Gasteiger partial charge in [-0.25, -0.2) is 4.39 Å². The number of carbonyl (C=O) groups excluding carboxylic acids is 1. The minimum atomic E-state index is -0.951. The first-order valence-electron chi connectivity index (χ1n) is 6.51. The number of likely N-dealkylation sites (N-methyl/N-ethyl adjacent to an activating group) is 1. The molecule has 20 heavy (non-hydrogen) atoms. The van der Waals surface area contributed by atoms with Crippen LogP contribution in [0.3, 0.4) is 0 Å². The van der Waals surface area contributed by atoms with E-state index < -0.39 is 5.60 Å². The molecule has 1 aromatic carbocycles. The van der Waals surface area contributed by atoms with Crippen LogP contribution in [0.2, 0.25) is 0 Å². The Morgan fingerprint density at radius 3 is 2.70 bits per heavy atom. The van der Waals surface area contributed by atoms with Crippen LogP contribution in [0.4, 0.5) is 4.39 Å². The monoisotopic (exact) mass is 295 g/mol. The number of rotatable bonds is 4. The number of carbonyl (C=O) groups is 1. The van der Waals surface area contributed by atoms with Crippen LogP contribution in [0.25, 0.3) is 10.1 Å². The van der Waals surface area contributed by atoms with Crippen LogP contribution in [0.5, 0.6) is 0 Å². The summed E-state index contributed by atoms with van der Waals surface area (Å²) in [5.74, 6) is -0.487. The van der Waals surface area contributed by atoms with Gasteiger partial charge in [0.25, 0.3) is 5.91 Å². The van der Waals surface area contributed by atoms with Crippen molar-refractivity contribution in [2.24, 2.45) is 0 Å². The van der Waals surface area contributed by atoms with Crippen LogP contribution >= 0.6 is 11.3 Å². The van der Waals surface area contributed by atoms with Gasteiger partial charge in [0.2, 0.25) is 0 Å². The lowest BCUT2D eigenvalue weighted by atomic mass is 10.1. The maximum Gasteiger partial charge on any atom is 0.264 e. The molecule has 108 valence electrons. The van der Waals surface area contributed by atoms with Crippen molar-refractivity contribution in [3.63, 3.8) is 0 Å². The van der Waals surface area contributed by atoms with Crippen LogP contribution in [-0.2, 0) is 0 Å². The van der Waals surface area contributed by atoms with E-state index in [4.69, 9.17) is 0 Å². The molecule has 2 rings (SSSR count). The minimum absolute atomic E-state index is 0.171. The number of benzene rings is 1. The number of nitrogens with zero attached hydrogens (tertiary/aromatic N) is 1. The molecule has 3 nitrogen and oxygen atoms in total. The van der Waals surface area contributed by atoms with E-state index in [1.807, 2.05) is 6.92 Å². The number of amides is 1. The van der Waals surface area contributed by atoms with Gasteiger partial charge in [0, 0.05) is 23.2 Å². The largest absolute Gasteiger partial charge is 0.389 e. The molecule has 1 aromatic heterocycles. The van der Waals surface area contributed by atoms with E-state index in [2.05, 4.69) is 0 Å². The number of hydrogen-bond acceptors (Lipinski definition) is 3. The van der Waals surface area contributed by atoms with E-state index in [9.17, 15) is 14.3 Å². The molecule has 0 aliphatic heterocycles. The number of halogens is 1. The Labute approximate surface area is 121 Å². The average Bonchev–Trinajstić information content (AvgIpc) is 2.79. The lowest BCUT2D eigenvalue weighted by molar-refractivity contribution is 0.0317. The smallest absolute Gasteiger partial charge is 0.264 e. The molecular weight excluding hydrogens is 277 g/mol. The van der Waals surface area contributed by atoms with Gasteiger partial charge in [-0.15, -0.1) is 11.3 Å². The first-order chi connectivity index (χ1) is 9.31. The van der Waals surface area contributed by atoms with Crippen molar-refractivity contribution in [1.29, 1.82) is 0 Å². The predicted molar refractivity (Wildman–Crippen MR) is 79.7 cm³/mol. The lowest BCUT2D eigenvalue weighted by Crippen LogP contribution is -2.41. The Hall–Kier alpha value is -1.46. The van der Waals surface area contributed by atoms with Gasteiger partial charge in [0.1, 0.15) is 5.82 Å². The van der Waals surface area contributed by atoms with Crippen LogP contribution in [0.15, 0.2) is 24.3 Å². The zero-order valence-electron chi connectivity index (χ0n) is 11.8. The van der Waals surface area contributed by atoms with E-state index in [1.54, 1.807) is 36.9 Å². The highest BCUT2D eigenvalue weighted by atomic mass is 32.1. The third kappa shape index (κ3) is 3.16. The van der Waals surface area contributed by atoms with Gasteiger partial charge in [0.15, 0.2) is 0 Å². The van der Waals surface area contributed by atoms with Crippen LogP contribution in [-0.4, -0.2) is 34.6 Å². The van der Waals surface area contributed by atoms with Crippen LogP contribution < -0.4 is 0 Å². The van der Waals surface area contributed by atoms with Crippen molar-refractivity contribution in [1.82, 2.24) is 4.90 Å². The molecule has 2 aromatic rings. The summed E-state index contributed by atoms with van der Waals surface area (Å²) in [6, 6.07) is 6.41. The minimum Gasteiger partial charge on any atom is -0.389 e. The third-order valence-corrected chi connectivity index (χ3v) is 4.05. The highest BCUT2D eigenvalue weighted by Crippen LogP contribution is 2.28. The van der Waals surface area contributed by atoms with Gasteiger partial charge >= 0.3 is 0 Å². The lowest BCUT2D eigenvalue weighted by Gasteiger charge is -2.27. The van der Waals surface area contributed by atoms with Crippen molar-refractivity contribution in [2.75, 3.05) is 13.1 Å². The summed E-state index contributed by atoms with van der Waals surface area (Å²) in [5.41, 5.74) is -0.951. The SMILES string of the molecule is CCN(CC(C)(C)O)C(=O)c1cc2c(F)cccc2s1. The molecule has 1 heterocycles. The molecule has 0 spiro atoms. The van der Waals surface area contributed by atoms with Gasteiger partial charge in [-0.05, 0) is 39.0 Å². The van der Waals surface area contributed by atoms with E-state index in [0.29, 0.717) is 16.8 Å². The second kappa shape index (κ2) is 5.50. The molecule has 0 radical (unpaired) electrons. The molecule has 1 N–H and O–H groups in total. The molecule has 0 fully saturated rings. The predicted octanol–water partition coefficient (Wildman–Crippen LogP) is 3.27. The van der Waals surface area contributed by atoms with Gasteiger partial charge in [-0.3, -0.25) is 4.79 Å². The second-order valence-corrected chi connectivity index (χ2v) is 6.48. The summed E-state index contributed by atoms with van der Waals surface area (Å²) in [7, 11) is 0. The zero-order chi connectivity index (χ0) is 14.9. The van der Waals surface area contributed by atoms with Gasteiger partial charge in [-0.1, -0.05) is 6.07 Å². The molecule has 0 bridgehead atoms. The molecule has 0 saturated heterocycles. The maximum absolute atomic E-state index is 13.7. The molecule has 5 heteroatoms. The number of hydrogen-bond donors (Lipinski definition) is 1. The summed E-state index contributed by atoms with van der Waals surface area (Å²) in [6.07, 6.45) is 0. The first kappa shape index (κ1) is 14.9. The number of aliphatic hydroxyl groups is 1. The summed E-state index contributed by atoms with van der Waals surface area (Å²) in [6.45, 7) is 5.93. The van der Waals surface area contributed by atoms with E-state index in [-0.39, 0.29) is 18.3 Å². The van der Waals surface area contributed by atoms with Gasteiger partial charge < -0.3 is 10.0 Å². The summed E-state index contributed by atoms with van der Waals surface area (Å²) in [5, 5.41) is 10.3. The quantitative estimate of drug-likeness (QED) is 0.940. The highest BCUT2D eigenvalue weighted by molar-refractivity contribution is 7.20. The van der Waals surface area contributed by atoms with Crippen molar-refractivity contribution < 1.29 is 14.3 Å². The van der Waals surface area contributed by atoms with Gasteiger partial charge in [-0.2, -0.15) is 0 Å². The molecular formula is C15H18FNO2S. The fraction of sp³-hybridized carbons (Fsp3) is 0.400. The first-order valence-corrected chi connectivity index (χ1v) is 7.33. The highest BCUT2D eigenvalue weighted by Gasteiger charge is 2.23. The molecule has 0 atom stereocenters. The molecule has 0 aliphatic rings. The number of thiophene rings is 1. The topological polar surface area (TPSA) is 40.5 Å². The van der Waals surface area contributed by atoms with Crippen molar-refractivity contribution in [2.45, 2.75) is 26.4 Å². The Kier molecular flexibility index (Phi) is 4.11. The summed E-state index contributed by atoms with van der Waals surface area (Å²) >= 11 is 1.28. The summed E-state index contributed by atoms with van der Waals surface area (Å²) in [4.78, 5) is 14.5. The molecule has 0 saturated carbocycles. The molecule has 0 aliphatic carbocycles. The third-order valence-electron chi connectivity index (χ3n) is 2.97. The Bertz CT molecular complexity index is 630. The van der Waals surface area contributed by atoms with Crippen molar-refractivity contribution >= 4 is 27.3 Å². The summed E-state index contributed by atoms with van der Waals surface area (Å²) < 4.78 is 14.4. The van der Waals surface area contributed by atoms with E-state index in [1.165, 1.54) is 17.4 Å². The van der Waals surface area contributed by atoms with Crippen LogP contribution in [0.1, 0.15) is 30.4 Å². The van der Waals surface area contributed by atoms with E-state index in [0.717, 1.165) is 4.70 Å². The Morgan fingerprint density at radius 1 is 1.45 bits per heavy atom. The van der Waals surface area contributed by atoms with E-state index >= 15 is 0 Å². The molecule has 0 unspecified atom stereocenters. The fourth-order valence-electron chi connectivity index (χ4n) is 2.08. The standard InChI is InChI=1S/C15H18FNO2S/c1-4-17(9-15(2,3)19)14(18)13-8-10-11(16)6-5-7-12(10)20-13/h5-8,19H,4,9H2,1-3H3.